The molecule has 0 heteroatoms. The molecule has 129 heavy (non-hydrogen) atoms. The van der Waals surface area contributed by atoms with Crippen LogP contribution in [-0.2, 0) is 0 Å². The van der Waals surface area contributed by atoms with Gasteiger partial charge in [0.2, 0.25) is 0 Å². The first kappa shape index (κ1) is 112. The summed E-state index contributed by atoms with van der Waals surface area (Å²) < 4.78 is 0. The maximum Gasteiger partial charge on any atom is -0.0467 e. The minimum Gasteiger partial charge on any atom is -0.0991 e. The maximum absolute atomic E-state index is 3.64. The van der Waals surface area contributed by atoms with Crippen LogP contribution in [0.2, 0.25) is 0 Å². The monoisotopic (exact) mass is 1680 g/mol. The molecule has 0 spiro atoms. The Balaban J connectivity index is 4.14. The molecule has 0 amide bonds. The van der Waals surface area contributed by atoms with Crippen LogP contribution < -0.4 is 0 Å². The largest absolute Gasteiger partial charge is 0.0991 e. The maximum atomic E-state index is 3.64. The Labute approximate surface area is 779 Å². The Morgan fingerprint density at radius 3 is 0.140 bits per heavy atom. The van der Waals surface area contributed by atoms with Crippen molar-refractivity contribution in [1.29, 1.82) is 0 Å². The zero-order valence-electron chi connectivity index (χ0n) is 75.0. The van der Waals surface area contributed by atoms with Gasteiger partial charge in [0.15, 0.2) is 0 Å². The lowest BCUT2D eigenvalue weighted by Crippen LogP contribution is -1.55. The zero-order valence-corrected chi connectivity index (χ0v) is 75.0. The first-order chi connectivity index (χ1) is 64.4. The van der Waals surface area contributed by atoms with E-state index in [1.165, 1.54) is 0 Å². The van der Waals surface area contributed by atoms with Gasteiger partial charge in [-0.25, -0.2) is 0 Å². The highest BCUT2D eigenvalue weighted by Crippen LogP contribution is 1.98. The fourth-order valence-electron chi connectivity index (χ4n) is 8.08. The van der Waals surface area contributed by atoms with Gasteiger partial charge in [0.05, 0.1) is 0 Å². The standard InChI is InChI=1S/C129H132/c1-3-5-7-9-11-13-15-17-19-21-23-25-27-29-31-33-35-37-39-41-43-45-47-49-51-53-55-57-59-61-63-65-67-69-71-73-75-77-79-81-83-85-87-89-91-93-95-97-99-101-103-105-107-109-111-113-115-117-119-121-123-125-127-129-128-126-124-122-120-118-116-114-112-110-108-106-104-102-100-98-96-94-92-90-88-86-84-82-80-78-76-74-72-70-68-66-64-62-60-58-56-54-52-50-48-46-44-42-40-38-36-34-32-30-28-26-24-22-20-18-16-14-12-10-8-6-4-2/h3-129H,1H2,2H3. The molecule has 0 fully saturated rings. The highest BCUT2D eigenvalue weighted by molar-refractivity contribution is 5.34. The van der Waals surface area contributed by atoms with Crippen molar-refractivity contribution >= 4 is 0 Å². The van der Waals surface area contributed by atoms with Gasteiger partial charge in [0, 0.05) is 0 Å². The van der Waals surface area contributed by atoms with Crippen molar-refractivity contribution in [3.05, 3.63) is 778 Å². The molecule has 0 N–H and O–H groups in total. The van der Waals surface area contributed by atoms with E-state index in [1.807, 2.05) is 773 Å². The Morgan fingerprint density at radius 1 is 0.0620 bits per heavy atom. The number of hydrogen-bond donors (Lipinski definition) is 0. The molecule has 0 aliphatic carbocycles. The molecule has 0 atom stereocenters. The van der Waals surface area contributed by atoms with Crippen LogP contribution in [0.25, 0.3) is 0 Å². The summed E-state index contributed by atoms with van der Waals surface area (Å²) in [5, 5.41) is 0. The summed E-state index contributed by atoms with van der Waals surface area (Å²) in [7, 11) is 0. The molecule has 0 aromatic heterocycles. The van der Waals surface area contributed by atoms with Crippen LogP contribution in [0.1, 0.15) is 6.92 Å². The first-order valence-corrected chi connectivity index (χ1v) is 43.0. The predicted molar refractivity (Wildman–Crippen MR) is 592 cm³/mol. The van der Waals surface area contributed by atoms with Crippen molar-refractivity contribution in [2.45, 2.75) is 6.92 Å². The average Bonchev–Trinajstić information content (AvgIpc) is 1.19. The lowest BCUT2D eigenvalue weighted by Gasteiger charge is -1.77. The molecule has 0 bridgehead atoms. The van der Waals surface area contributed by atoms with Crippen LogP contribution in [0.5, 0.6) is 0 Å². The summed E-state index contributed by atoms with van der Waals surface area (Å²) in [6, 6.07) is 0. The van der Waals surface area contributed by atoms with E-state index in [1.54, 1.807) is 6.08 Å². The second-order valence-electron chi connectivity index (χ2n) is 24.6. The molecular formula is C129H132. The molecule has 0 heterocycles. The third kappa shape index (κ3) is 111. The molecule has 0 saturated carbocycles. The van der Waals surface area contributed by atoms with Crippen molar-refractivity contribution in [2.75, 3.05) is 0 Å². The van der Waals surface area contributed by atoms with Crippen molar-refractivity contribution in [1.82, 2.24) is 0 Å². The molecule has 648 valence electrons. The van der Waals surface area contributed by atoms with Gasteiger partial charge in [0.1, 0.15) is 0 Å². The summed E-state index contributed by atoms with van der Waals surface area (Å²) in [5.41, 5.74) is 0. The second kappa shape index (κ2) is 111. The second-order valence-corrected chi connectivity index (χ2v) is 24.6. The molecule has 0 radical (unpaired) electrons. The van der Waals surface area contributed by atoms with Crippen LogP contribution in [0.15, 0.2) is 778 Å². The molecule has 0 aromatic carbocycles. The zero-order chi connectivity index (χ0) is 91.8. The molecule has 0 saturated heterocycles. The summed E-state index contributed by atoms with van der Waals surface area (Å²) >= 11 is 0. The Hall–Kier alpha value is -16.6. The van der Waals surface area contributed by atoms with Gasteiger partial charge in [-0.3, -0.25) is 0 Å². The average molecular weight is 1680 g/mol. The van der Waals surface area contributed by atoms with Crippen molar-refractivity contribution < 1.29 is 0 Å². The van der Waals surface area contributed by atoms with E-state index in [9.17, 15) is 0 Å². The Kier molecular flexibility index (Phi) is 97.0. The van der Waals surface area contributed by atoms with Crippen molar-refractivity contribution in [3.8, 4) is 0 Å². The molecular weight excluding hydrogens is 1550 g/mol. The third-order valence-corrected chi connectivity index (χ3v) is 14.1. The van der Waals surface area contributed by atoms with E-state index in [-0.39, 0.29) is 0 Å². The molecule has 0 aromatic rings. The lowest BCUT2D eigenvalue weighted by molar-refractivity contribution is 1.73. The smallest absolute Gasteiger partial charge is 0.0467 e. The van der Waals surface area contributed by atoms with Crippen molar-refractivity contribution in [3.63, 3.8) is 0 Å². The quantitative estimate of drug-likeness (QED) is 0.0533. The van der Waals surface area contributed by atoms with Gasteiger partial charge >= 0.3 is 0 Å². The van der Waals surface area contributed by atoms with E-state index in [0.29, 0.717) is 0 Å². The van der Waals surface area contributed by atoms with Crippen LogP contribution >= 0.6 is 0 Å². The highest BCUT2D eigenvalue weighted by Gasteiger charge is 1.77. The van der Waals surface area contributed by atoms with Gasteiger partial charge in [-0.1, -0.05) is 778 Å². The highest BCUT2D eigenvalue weighted by atomic mass is 13.8. The van der Waals surface area contributed by atoms with Gasteiger partial charge < -0.3 is 0 Å². The van der Waals surface area contributed by atoms with Gasteiger partial charge in [-0.15, -0.1) is 0 Å². The van der Waals surface area contributed by atoms with E-state index >= 15 is 0 Å². The van der Waals surface area contributed by atoms with E-state index in [4.69, 9.17) is 0 Å². The Bertz CT molecular complexity index is 4690. The molecule has 0 rings (SSSR count). The topological polar surface area (TPSA) is 0 Å². The minimum atomic E-state index is 1.75. The van der Waals surface area contributed by atoms with E-state index < -0.39 is 0 Å². The normalized spacial score (nSPS) is 15.7. The number of rotatable bonds is 63. The number of hydrogen-bond acceptors (Lipinski definition) is 0. The van der Waals surface area contributed by atoms with Gasteiger partial charge in [-0.05, 0) is 6.92 Å². The fraction of sp³-hybridized carbons (Fsp3) is 0.00775. The lowest BCUT2D eigenvalue weighted by atomic mass is 10.3. The van der Waals surface area contributed by atoms with Crippen molar-refractivity contribution in [2.24, 2.45) is 0 Å². The summed E-state index contributed by atoms with van der Waals surface area (Å²) in [5.74, 6) is 0. The summed E-state index contributed by atoms with van der Waals surface area (Å²) in [4.78, 5) is 0. The van der Waals surface area contributed by atoms with Gasteiger partial charge in [0.25, 0.3) is 0 Å². The molecule has 0 nitrogen and oxygen atoms in total. The number of allylic oxidation sites excluding steroid dienone is 127. The van der Waals surface area contributed by atoms with Crippen LogP contribution in [0.4, 0.5) is 0 Å². The third-order valence-electron chi connectivity index (χ3n) is 14.1. The first-order valence-electron chi connectivity index (χ1n) is 43.0. The SMILES string of the molecule is C=CC=CC=CC=CC=CC=CC=CC=CC=CC=CC=CC=CC=CC=CC=CC=CC=CC=CC=CC=CC=CC=CC=CC=CC=CC=CC=CC=CC=CC=CC=CC=CC=CC=CC=CC=CC=CC=CC=CC=CC=CC=CC=CC=CC=CC=CC=CC=CC=CC=CC=CC=CC=CC=CC=CC=CC=CC=CC=CC=CC=CC=CC=CC=CC. The predicted octanol–water partition coefficient (Wildman–Crippen LogP) is 36.2. The van der Waals surface area contributed by atoms with Crippen LogP contribution in [0, 0.1) is 0 Å². The summed E-state index contributed by atoms with van der Waals surface area (Å²) in [6.07, 6.45) is 253. The fourth-order valence-corrected chi connectivity index (χ4v) is 8.08. The van der Waals surface area contributed by atoms with Gasteiger partial charge in [-0.2, -0.15) is 0 Å². The van der Waals surface area contributed by atoms with E-state index in [2.05, 4.69) is 6.58 Å². The molecule has 0 unspecified atom stereocenters. The van der Waals surface area contributed by atoms with Crippen LogP contribution in [0.3, 0.4) is 0 Å². The van der Waals surface area contributed by atoms with E-state index in [0.717, 1.165) is 0 Å². The summed E-state index contributed by atoms with van der Waals surface area (Å²) in [6.45, 7) is 5.64. The van der Waals surface area contributed by atoms with Crippen LogP contribution in [-0.4, -0.2) is 0 Å². The molecule has 0 aliphatic heterocycles. The molecule has 0 aliphatic rings. The Morgan fingerprint density at radius 2 is 0.101 bits per heavy atom. The minimum absolute atomic E-state index is 1.75.